The number of aryl methyl sites for hydroxylation is 1. The molecule has 0 radical (unpaired) electrons. The van der Waals surface area contributed by atoms with Gasteiger partial charge in [0.25, 0.3) is 5.91 Å². The maximum Gasteiger partial charge on any atom is 0.405 e. The van der Waals surface area contributed by atoms with Crippen LogP contribution in [0.2, 0.25) is 0 Å². The van der Waals surface area contributed by atoms with E-state index >= 15 is 0 Å². The molecule has 0 spiro atoms. The van der Waals surface area contributed by atoms with Gasteiger partial charge in [0.05, 0.1) is 12.8 Å². The molecule has 1 aliphatic heterocycles. The Labute approximate surface area is 173 Å². The number of nitrogens with one attached hydrogen (secondary N) is 1. The van der Waals surface area contributed by atoms with Crippen LogP contribution in [0.25, 0.3) is 11.1 Å². The number of carbonyl (C=O) groups excluding carboxylic acids is 1. The van der Waals surface area contributed by atoms with E-state index < -0.39 is 28.1 Å². The summed E-state index contributed by atoms with van der Waals surface area (Å²) in [5.41, 5.74) is 3.51. The van der Waals surface area contributed by atoms with E-state index in [1.807, 2.05) is 0 Å². The number of nitrogens with zero attached hydrogens (tertiary/aromatic N) is 2. The third kappa shape index (κ3) is 4.44. The highest BCUT2D eigenvalue weighted by Crippen LogP contribution is 2.34. The largest absolute Gasteiger partial charge is 0.405 e. The Morgan fingerprint density at radius 2 is 1.83 bits per heavy atom. The van der Waals surface area contributed by atoms with Crippen molar-refractivity contribution in [3.05, 3.63) is 53.1 Å². The first kappa shape index (κ1) is 22.1. The number of sulfonamides is 1. The smallest absolute Gasteiger partial charge is 0.284 e. The molecular formula is C20H22F3N3O3S. The van der Waals surface area contributed by atoms with E-state index in [1.165, 1.54) is 7.05 Å². The van der Waals surface area contributed by atoms with Gasteiger partial charge in [0.1, 0.15) is 6.04 Å². The molecule has 3 rings (SSSR count). The molecular weight excluding hydrogens is 419 g/mol. The number of fused-ring (bicyclic) bond motifs is 1. The molecule has 0 aliphatic carbocycles. The SMILES string of the molecule is Cc1cc(-c2cccc(NS(C)(=O)=O)c2)cc2c1C(=O)N(N(C)C(C)C(F)(F)F)C2. The van der Waals surface area contributed by atoms with E-state index in [2.05, 4.69) is 4.72 Å². The number of hydrogen-bond donors (Lipinski definition) is 1. The van der Waals surface area contributed by atoms with Gasteiger partial charge in [0.15, 0.2) is 0 Å². The Bertz CT molecular complexity index is 1100. The minimum Gasteiger partial charge on any atom is -0.284 e. The second-order valence-corrected chi connectivity index (χ2v) is 9.18. The van der Waals surface area contributed by atoms with E-state index in [-0.39, 0.29) is 6.54 Å². The monoisotopic (exact) mass is 441 g/mol. The van der Waals surface area contributed by atoms with Crippen LogP contribution < -0.4 is 4.72 Å². The standard InChI is InChI=1S/C20H22F3N3O3S/c1-12-8-15(14-6-5-7-17(10-14)24-30(4,28)29)9-16-11-26(19(27)18(12)16)25(3)13(2)20(21,22)23/h5-10,13,24H,11H2,1-4H3. The highest BCUT2D eigenvalue weighted by molar-refractivity contribution is 7.92. The first-order chi connectivity index (χ1) is 13.8. The first-order valence-corrected chi connectivity index (χ1v) is 11.0. The zero-order valence-corrected chi connectivity index (χ0v) is 17.7. The van der Waals surface area contributed by atoms with Crippen LogP contribution >= 0.6 is 0 Å². The molecule has 10 heteroatoms. The minimum atomic E-state index is -4.46. The van der Waals surface area contributed by atoms with Gasteiger partial charge in [0.2, 0.25) is 10.0 Å². The summed E-state index contributed by atoms with van der Waals surface area (Å²) in [5.74, 6) is -0.472. The molecule has 1 unspecified atom stereocenters. The van der Waals surface area contributed by atoms with E-state index in [0.29, 0.717) is 22.4 Å². The third-order valence-corrected chi connectivity index (χ3v) is 5.71. The summed E-state index contributed by atoms with van der Waals surface area (Å²) in [6.07, 6.45) is -3.41. The quantitative estimate of drug-likeness (QED) is 0.767. The van der Waals surface area contributed by atoms with E-state index in [4.69, 9.17) is 0 Å². The molecule has 1 amide bonds. The Kier molecular flexibility index (Phi) is 5.59. The van der Waals surface area contributed by atoms with Crippen molar-refractivity contribution in [1.29, 1.82) is 0 Å². The molecule has 0 saturated heterocycles. The van der Waals surface area contributed by atoms with Crippen molar-refractivity contribution in [2.24, 2.45) is 0 Å². The lowest BCUT2D eigenvalue weighted by Crippen LogP contribution is -2.51. The van der Waals surface area contributed by atoms with Crippen molar-refractivity contribution < 1.29 is 26.4 Å². The van der Waals surface area contributed by atoms with Gasteiger partial charge in [0, 0.05) is 18.3 Å². The molecule has 162 valence electrons. The summed E-state index contributed by atoms with van der Waals surface area (Å²) < 4.78 is 64.7. The van der Waals surface area contributed by atoms with Gasteiger partial charge in [-0.1, -0.05) is 18.2 Å². The molecule has 1 heterocycles. The highest BCUT2D eigenvalue weighted by atomic mass is 32.2. The lowest BCUT2D eigenvalue weighted by atomic mass is 9.96. The predicted molar refractivity (Wildman–Crippen MR) is 108 cm³/mol. The van der Waals surface area contributed by atoms with E-state index in [0.717, 1.165) is 34.3 Å². The van der Waals surface area contributed by atoms with Crippen LogP contribution in [-0.2, 0) is 16.6 Å². The Hall–Kier alpha value is -2.59. The number of hydrazine groups is 1. The van der Waals surface area contributed by atoms with Gasteiger partial charge in [-0.2, -0.15) is 13.2 Å². The second kappa shape index (κ2) is 7.59. The van der Waals surface area contributed by atoms with Gasteiger partial charge in [-0.15, -0.1) is 0 Å². The fourth-order valence-electron chi connectivity index (χ4n) is 3.47. The Morgan fingerprint density at radius 3 is 2.43 bits per heavy atom. The van der Waals surface area contributed by atoms with Crippen LogP contribution in [0.5, 0.6) is 0 Å². The zero-order chi connectivity index (χ0) is 22.4. The lowest BCUT2D eigenvalue weighted by Gasteiger charge is -2.34. The maximum atomic E-state index is 13.1. The zero-order valence-electron chi connectivity index (χ0n) is 16.9. The van der Waals surface area contributed by atoms with Crippen LogP contribution in [0.1, 0.15) is 28.4 Å². The molecule has 1 N–H and O–H groups in total. The summed E-state index contributed by atoms with van der Waals surface area (Å²) in [5, 5.41) is 2.01. The molecule has 30 heavy (non-hydrogen) atoms. The number of halogens is 3. The number of rotatable bonds is 5. The van der Waals surface area contributed by atoms with Gasteiger partial charge in [-0.25, -0.2) is 13.4 Å². The fraction of sp³-hybridized carbons (Fsp3) is 0.350. The predicted octanol–water partition coefficient (Wildman–Crippen LogP) is 3.79. The normalized spacial score (nSPS) is 15.5. The molecule has 6 nitrogen and oxygen atoms in total. The molecule has 2 aromatic carbocycles. The minimum absolute atomic E-state index is 0.0288. The van der Waals surface area contributed by atoms with Gasteiger partial charge >= 0.3 is 6.18 Å². The van der Waals surface area contributed by atoms with E-state index in [9.17, 15) is 26.4 Å². The number of benzene rings is 2. The van der Waals surface area contributed by atoms with Crippen molar-refractivity contribution in [3.8, 4) is 11.1 Å². The van der Waals surface area contributed by atoms with Crippen LogP contribution in [-0.4, -0.2) is 49.9 Å². The van der Waals surface area contributed by atoms with Crippen molar-refractivity contribution in [1.82, 2.24) is 10.0 Å². The lowest BCUT2D eigenvalue weighted by molar-refractivity contribution is -0.202. The van der Waals surface area contributed by atoms with Crippen LogP contribution in [0.3, 0.4) is 0 Å². The topological polar surface area (TPSA) is 69.7 Å². The summed E-state index contributed by atoms with van der Waals surface area (Å²) in [6, 6.07) is 8.48. The Morgan fingerprint density at radius 1 is 1.17 bits per heavy atom. The van der Waals surface area contributed by atoms with Crippen molar-refractivity contribution >= 4 is 21.6 Å². The van der Waals surface area contributed by atoms with Gasteiger partial charge in [-0.3, -0.25) is 14.5 Å². The first-order valence-electron chi connectivity index (χ1n) is 9.11. The summed E-state index contributed by atoms with van der Waals surface area (Å²) in [6.45, 7) is 2.77. The molecule has 0 bridgehead atoms. The number of hydrogen-bond acceptors (Lipinski definition) is 4. The number of anilines is 1. The van der Waals surface area contributed by atoms with Gasteiger partial charge < -0.3 is 0 Å². The fourth-order valence-corrected chi connectivity index (χ4v) is 4.03. The average Bonchev–Trinajstić information content (AvgIpc) is 2.95. The van der Waals surface area contributed by atoms with Gasteiger partial charge in [-0.05, 0) is 54.3 Å². The molecule has 0 fully saturated rings. The summed E-state index contributed by atoms with van der Waals surface area (Å²) in [4.78, 5) is 12.8. The van der Waals surface area contributed by atoms with Crippen molar-refractivity contribution in [2.45, 2.75) is 32.6 Å². The summed E-state index contributed by atoms with van der Waals surface area (Å²) in [7, 11) is -2.19. The Balaban J connectivity index is 1.95. The number of alkyl halides is 3. The van der Waals surface area contributed by atoms with E-state index in [1.54, 1.807) is 43.3 Å². The van der Waals surface area contributed by atoms with Crippen LogP contribution in [0, 0.1) is 6.92 Å². The molecule has 0 aromatic heterocycles. The molecule has 1 aliphatic rings. The van der Waals surface area contributed by atoms with Crippen LogP contribution in [0.4, 0.5) is 18.9 Å². The van der Waals surface area contributed by atoms with Crippen LogP contribution in [0.15, 0.2) is 36.4 Å². The summed E-state index contributed by atoms with van der Waals surface area (Å²) >= 11 is 0. The second-order valence-electron chi connectivity index (χ2n) is 7.44. The average molecular weight is 441 g/mol. The van der Waals surface area contributed by atoms with Crippen molar-refractivity contribution in [3.63, 3.8) is 0 Å². The molecule has 2 aromatic rings. The highest BCUT2D eigenvalue weighted by Gasteiger charge is 2.43. The molecule has 0 saturated carbocycles. The third-order valence-electron chi connectivity index (χ3n) is 5.10. The van der Waals surface area contributed by atoms with Crippen molar-refractivity contribution in [2.75, 3.05) is 18.0 Å². The number of amides is 1. The number of carbonyl (C=O) groups is 1. The molecule has 1 atom stereocenters. The maximum absolute atomic E-state index is 13.1.